The van der Waals surface area contributed by atoms with Crippen LogP contribution in [-0.2, 0) is 4.74 Å². The van der Waals surface area contributed by atoms with E-state index in [-0.39, 0.29) is 6.61 Å². The number of aliphatic hydroxyl groups excluding tert-OH is 1. The average molecular weight is 225 g/mol. The molecule has 0 spiro atoms. The second kappa shape index (κ2) is 7.09. The first-order valence-electron chi connectivity index (χ1n) is 5.47. The maximum atomic E-state index is 9.54. The van der Waals surface area contributed by atoms with Crippen molar-refractivity contribution in [1.82, 2.24) is 0 Å². The minimum Gasteiger partial charge on any atom is -0.489 e. The van der Waals surface area contributed by atoms with E-state index in [1.165, 1.54) is 0 Å². The molecule has 16 heavy (non-hydrogen) atoms. The smallest absolute Gasteiger partial charge is 0.142 e. The van der Waals surface area contributed by atoms with Crippen molar-refractivity contribution in [2.45, 2.75) is 19.4 Å². The van der Waals surface area contributed by atoms with Gasteiger partial charge in [-0.15, -0.1) is 0 Å². The summed E-state index contributed by atoms with van der Waals surface area (Å²) < 4.78 is 10.6. The van der Waals surface area contributed by atoms with Gasteiger partial charge in [0, 0.05) is 6.61 Å². The average Bonchev–Trinajstić information content (AvgIpc) is 2.28. The normalized spacial score (nSPS) is 12.4. The van der Waals surface area contributed by atoms with Crippen LogP contribution in [0.5, 0.6) is 5.75 Å². The third-order valence-electron chi connectivity index (χ3n) is 2.01. The van der Waals surface area contributed by atoms with E-state index in [1.54, 1.807) is 12.1 Å². The summed E-state index contributed by atoms with van der Waals surface area (Å²) in [4.78, 5) is 0. The largest absolute Gasteiger partial charge is 0.489 e. The zero-order chi connectivity index (χ0) is 11.8. The van der Waals surface area contributed by atoms with Crippen molar-refractivity contribution >= 4 is 5.69 Å². The fourth-order valence-electron chi connectivity index (χ4n) is 1.21. The van der Waals surface area contributed by atoms with Gasteiger partial charge in [0.2, 0.25) is 0 Å². The van der Waals surface area contributed by atoms with E-state index in [0.717, 1.165) is 6.42 Å². The van der Waals surface area contributed by atoms with Gasteiger partial charge in [-0.1, -0.05) is 19.1 Å². The predicted octanol–water partition coefficient (Wildman–Crippen LogP) is 1.44. The van der Waals surface area contributed by atoms with Gasteiger partial charge in [-0.3, -0.25) is 0 Å². The molecule has 0 aliphatic rings. The van der Waals surface area contributed by atoms with E-state index < -0.39 is 6.10 Å². The molecule has 1 rings (SSSR count). The molecule has 0 aromatic heterocycles. The molecule has 0 amide bonds. The Balaban J connectivity index is 2.26. The van der Waals surface area contributed by atoms with Crippen molar-refractivity contribution in [3.63, 3.8) is 0 Å². The number of benzene rings is 1. The first-order valence-corrected chi connectivity index (χ1v) is 5.47. The zero-order valence-corrected chi connectivity index (χ0v) is 9.56. The van der Waals surface area contributed by atoms with Gasteiger partial charge in [-0.25, -0.2) is 0 Å². The monoisotopic (exact) mass is 225 g/mol. The Morgan fingerprint density at radius 1 is 1.31 bits per heavy atom. The van der Waals surface area contributed by atoms with Crippen molar-refractivity contribution in [2.24, 2.45) is 0 Å². The van der Waals surface area contributed by atoms with Crippen LogP contribution in [0.15, 0.2) is 24.3 Å². The van der Waals surface area contributed by atoms with Crippen LogP contribution in [0.2, 0.25) is 0 Å². The molecule has 0 radical (unpaired) electrons. The number of nitrogen functional groups attached to an aromatic ring is 1. The highest BCUT2D eigenvalue weighted by Crippen LogP contribution is 2.19. The minimum atomic E-state index is -0.619. The van der Waals surface area contributed by atoms with Crippen molar-refractivity contribution < 1.29 is 14.6 Å². The lowest BCUT2D eigenvalue weighted by atomic mass is 10.3. The molecule has 0 bridgehead atoms. The van der Waals surface area contributed by atoms with Crippen molar-refractivity contribution in [3.05, 3.63) is 24.3 Å². The molecule has 1 atom stereocenters. The topological polar surface area (TPSA) is 64.7 Å². The first kappa shape index (κ1) is 12.8. The van der Waals surface area contributed by atoms with Gasteiger partial charge < -0.3 is 20.3 Å². The number of aliphatic hydroxyl groups is 1. The van der Waals surface area contributed by atoms with Gasteiger partial charge in [0.25, 0.3) is 0 Å². The third-order valence-corrected chi connectivity index (χ3v) is 2.01. The molecule has 3 N–H and O–H groups in total. The Labute approximate surface area is 96.0 Å². The number of rotatable bonds is 7. The van der Waals surface area contributed by atoms with E-state index in [4.69, 9.17) is 15.2 Å². The van der Waals surface area contributed by atoms with E-state index in [2.05, 4.69) is 0 Å². The Bertz CT molecular complexity index is 304. The van der Waals surface area contributed by atoms with Crippen LogP contribution < -0.4 is 10.5 Å². The SMILES string of the molecule is CCCOCC(O)COc1ccccc1N. The summed E-state index contributed by atoms with van der Waals surface area (Å²) in [6.45, 7) is 3.16. The van der Waals surface area contributed by atoms with Crippen LogP contribution in [0.3, 0.4) is 0 Å². The summed E-state index contributed by atoms with van der Waals surface area (Å²) in [5.74, 6) is 0.594. The van der Waals surface area contributed by atoms with Crippen LogP contribution in [0.25, 0.3) is 0 Å². The number of anilines is 1. The molecular weight excluding hydrogens is 206 g/mol. The molecule has 0 fully saturated rings. The number of nitrogens with two attached hydrogens (primary N) is 1. The maximum Gasteiger partial charge on any atom is 0.142 e. The Morgan fingerprint density at radius 2 is 2.06 bits per heavy atom. The summed E-state index contributed by atoms with van der Waals surface area (Å²) in [7, 11) is 0. The quantitative estimate of drug-likeness (QED) is 0.544. The van der Waals surface area contributed by atoms with Gasteiger partial charge in [-0.2, -0.15) is 0 Å². The molecule has 4 heteroatoms. The molecule has 1 aromatic rings. The summed E-state index contributed by atoms with van der Waals surface area (Å²) in [6, 6.07) is 7.21. The molecule has 0 saturated heterocycles. The summed E-state index contributed by atoms with van der Waals surface area (Å²) in [5, 5.41) is 9.54. The molecule has 0 aliphatic heterocycles. The lowest BCUT2D eigenvalue weighted by Gasteiger charge is -2.13. The van der Waals surface area contributed by atoms with Gasteiger partial charge >= 0.3 is 0 Å². The van der Waals surface area contributed by atoms with Gasteiger partial charge in [0.05, 0.1) is 12.3 Å². The Morgan fingerprint density at radius 3 is 2.75 bits per heavy atom. The highest BCUT2D eigenvalue weighted by Gasteiger charge is 2.06. The molecular formula is C12H19NO3. The standard InChI is InChI=1S/C12H19NO3/c1-2-7-15-8-10(14)9-16-12-6-4-3-5-11(12)13/h3-6,10,14H,2,7-9,13H2,1H3. The van der Waals surface area contributed by atoms with Crippen molar-refractivity contribution in [2.75, 3.05) is 25.6 Å². The van der Waals surface area contributed by atoms with Crippen LogP contribution in [0, 0.1) is 0 Å². The van der Waals surface area contributed by atoms with Crippen LogP contribution in [0.1, 0.15) is 13.3 Å². The second-order valence-corrected chi connectivity index (χ2v) is 3.58. The third kappa shape index (κ3) is 4.51. The van der Waals surface area contributed by atoms with Crippen molar-refractivity contribution in [3.8, 4) is 5.75 Å². The van der Waals surface area contributed by atoms with Gasteiger partial charge in [-0.05, 0) is 18.6 Å². The summed E-state index contributed by atoms with van der Waals surface area (Å²) in [6.07, 6.45) is 0.324. The van der Waals surface area contributed by atoms with E-state index in [1.807, 2.05) is 19.1 Å². The van der Waals surface area contributed by atoms with Crippen LogP contribution in [-0.4, -0.2) is 31.0 Å². The maximum absolute atomic E-state index is 9.54. The molecule has 0 heterocycles. The zero-order valence-electron chi connectivity index (χ0n) is 9.56. The number of para-hydroxylation sites is 2. The fraction of sp³-hybridized carbons (Fsp3) is 0.500. The molecule has 1 unspecified atom stereocenters. The van der Waals surface area contributed by atoms with E-state index in [0.29, 0.717) is 24.7 Å². The number of hydrogen-bond donors (Lipinski definition) is 2. The Hall–Kier alpha value is -1.26. The summed E-state index contributed by atoms with van der Waals surface area (Å²) >= 11 is 0. The van der Waals surface area contributed by atoms with Crippen LogP contribution in [0.4, 0.5) is 5.69 Å². The van der Waals surface area contributed by atoms with E-state index >= 15 is 0 Å². The van der Waals surface area contributed by atoms with Crippen molar-refractivity contribution in [1.29, 1.82) is 0 Å². The molecule has 0 aliphatic carbocycles. The highest BCUT2D eigenvalue weighted by molar-refractivity contribution is 5.51. The molecule has 4 nitrogen and oxygen atoms in total. The lowest BCUT2D eigenvalue weighted by Crippen LogP contribution is -2.23. The molecule has 1 aromatic carbocycles. The van der Waals surface area contributed by atoms with Crippen LogP contribution >= 0.6 is 0 Å². The first-order chi connectivity index (χ1) is 7.74. The number of ether oxygens (including phenoxy) is 2. The minimum absolute atomic E-state index is 0.192. The highest BCUT2D eigenvalue weighted by atomic mass is 16.5. The van der Waals surface area contributed by atoms with E-state index in [9.17, 15) is 5.11 Å². The molecule has 0 saturated carbocycles. The lowest BCUT2D eigenvalue weighted by molar-refractivity contribution is 0.0125. The number of hydrogen-bond acceptors (Lipinski definition) is 4. The molecule has 90 valence electrons. The van der Waals surface area contributed by atoms with Gasteiger partial charge in [0.15, 0.2) is 0 Å². The summed E-state index contributed by atoms with van der Waals surface area (Å²) in [5.41, 5.74) is 6.26. The predicted molar refractivity (Wildman–Crippen MR) is 63.5 cm³/mol. The Kier molecular flexibility index (Phi) is 5.67. The fourth-order valence-corrected chi connectivity index (χ4v) is 1.21. The van der Waals surface area contributed by atoms with Gasteiger partial charge in [0.1, 0.15) is 18.5 Å². The second-order valence-electron chi connectivity index (χ2n) is 3.58.